The number of carbonyl (C=O) groups excluding carboxylic acids is 2. The Morgan fingerprint density at radius 2 is 2.41 bits per heavy atom. The molecule has 1 heterocycles. The molecular formula is C11H17N3O3. The van der Waals surface area contributed by atoms with Gasteiger partial charge >= 0.3 is 0 Å². The van der Waals surface area contributed by atoms with Crippen LogP contribution in [0.25, 0.3) is 0 Å². The summed E-state index contributed by atoms with van der Waals surface area (Å²) in [5.74, 6) is -0.147. The number of nitrogens with zero attached hydrogens (tertiary/aromatic N) is 1. The monoisotopic (exact) mass is 239 g/mol. The van der Waals surface area contributed by atoms with E-state index in [0.29, 0.717) is 12.9 Å². The highest BCUT2D eigenvalue weighted by atomic mass is 16.5. The number of imidazole rings is 1. The standard InChI is InChI=1S/C11H17N3O3/c1-11(2,17-7-15)4-10(16)9(12)3-8-5-13-6-14-8/h5-7,9H,3-4,12H2,1-2H3,(H,13,14)/t9-/m0/s1. The summed E-state index contributed by atoms with van der Waals surface area (Å²) in [6.45, 7) is 3.68. The van der Waals surface area contributed by atoms with Crippen LogP contribution in [0.1, 0.15) is 26.0 Å². The molecule has 0 unspecified atom stereocenters. The topological polar surface area (TPSA) is 98.1 Å². The Labute approximate surface area is 99.6 Å². The van der Waals surface area contributed by atoms with E-state index in [1.807, 2.05) is 0 Å². The summed E-state index contributed by atoms with van der Waals surface area (Å²) >= 11 is 0. The van der Waals surface area contributed by atoms with Gasteiger partial charge in [-0.2, -0.15) is 0 Å². The molecule has 0 aliphatic rings. The van der Waals surface area contributed by atoms with E-state index in [4.69, 9.17) is 10.5 Å². The number of nitrogens with two attached hydrogens (primary N) is 1. The van der Waals surface area contributed by atoms with Crippen LogP contribution in [0, 0.1) is 0 Å². The Bertz CT molecular complexity index is 373. The average Bonchev–Trinajstić information content (AvgIpc) is 2.69. The quantitative estimate of drug-likeness (QED) is 0.662. The van der Waals surface area contributed by atoms with Gasteiger partial charge in [0.1, 0.15) is 5.60 Å². The van der Waals surface area contributed by atoms with E-state index in [0.717, 1.165) is 5.69 Å². The first kappa shape index (κ1) is 13.4. The minimum Gasteiger partial charge on any atom is -0.461 e. The molecule has 0 aliphatic heterocycles. The van der Waals surface area contributed by atoms with Crippen LogP contribution in [0.4, 0.5) is 0 Å². The third-order valence-electron chi connectivity index (χ3n) is 2.38. The zero-order chi connectivity index (χ0) is 12.9. The molecular weight excluding hydrogens is 222 g/mol. The first-order chi connectivity index (χ1) is 7.94. The van der Waals surface area contributed by atoms with Crippen molar-refractivity contribution < 1.29 is 14.3 Å². The van der Waals surface area contributed by atoms with E-state index in [2.05, 4.69) is 9.97 Å². The van der Waals surface area contributed by atoms with Crippen molar-refractivity contribution in [3.8, 4) is 0 Å². The molecule has 3 N–H and O–H groups in total. The first-order valence-corrected chi connectivity index (χ1v) is 5.31. The SMILES string of the molecule is CC(C)(CC(=O)[C@@H](N)Cc1cnc[nH]1)OC=O. The number of ether oxygens (including phenoxy) is 1. The summed E-state index contributed by atoms with van der Waals surface area (Å²) in [5, 5.41) is 0. The number of aromatic amines is 1. The molecule has 6 nitrogen and oxygen atoms in total. The van der Waals surface area contributed by atoms with Gasteiger partial charge in [0.25, 0.3) is 6.47 Å². The summed E-state index contributed by atoms with van der Waals surface area (Å²) < 4.78 is 4.81. The van der Waals surface area contributed by atoms with Crippen LogP contribution in [0.5, 0.6) is 0 Å². The molecule has 0 aromatic carbocycles. The zero-order valence-corrected chi connectivity index (χ0v) is 9.97. The van der Waals surface area contributed by atoms with Crippen molar-refractivity contribution in [2.45, 2.75) is 38.3 Å². The number of aromatic nitrogens is 2. The van der Waals surface area contributed by atoms with E-state index in [1.165, 1.54) is 6.33 Å². The molecule has 0 amide bonds. The van der Waals surface area contributed by atoms with E-state index in [9.17, 15) is 9.59 Å². The van der Waals surface area contributed by atoms with E-state index in [1.54, 1.807) is 20.0 Å². The molecule has 94 valence electrons. The lowest BCUT2D eigenvalue weighted by Gasteiger charge is -2.23. The Hall–Kier alpha value is -1.69. The summed E-state index contributed by atoms with van der Waals surface area (Å²) in [7, 11) is 0. The third-order valence-corrected chi connectivity index (χ3v) is 2.38. The maximum atomic E-state index is 11.8. The number of hydrogen-bond donors (Lipinski definition) is 2. The molecule has 0 saturated heterocycles. The van der Waals surface area contributed by atoms with Crippen molar-refractivity contribution in [1.29, 1.82) is 0 Å². The maximum absolute atomic E-state index is 11.8. The van der Waals surface area contributed by atoms with Crippen molar-refractivity contribution in [1.82, 2.24) is 9.97 Å². The molecule has 0 aliphatic carbocycles. The molecule has 1 aromatic rings. The van der Waals surface area contributed by atoms with Gasteiger partial charge < -0.3 is 15.5 Å². The summed E-state index contributed by atoms with van der Waals surface area (Å²) in [4.78, 5) is 28.8. The summed E-state index contributed by atoms with van der Waals surface area (Å²) in [6.07, 6.45) is 3.66. The van der Waals surface area contributed by atoms with Crippen LogP contribution in [-0.4, -0.2) is 33.9 Å². The van der Waals surface area contributed by atoms with Crippen LogP contribution in [0.3, 0.4) is 0 Å². The van der Waals surface area contributed by atoms with Crippen LogP contribution in [0.2, 0.25) is 0 Å². The fourth-order valence-corrected chi connectivity index (χ4v) is 1.47. The Kier molecular flexibility index (Phi) is 4.39. The molecule has 0 spiro atoms. The average molecular weight is 239 g/mol. The second kappa shape index (κ2) is 5.58. The second-order valence-corrected chi connectivity index (χ2v) is 4.50. The number of hydrogen-bond acceptors (Lipinski definition) is 5. The zero-order valence-electron chi connectivity index (χ0n) is 9.97. The van der Waals surface area contributed by atoms with Crippen molar-refractivity contribution in [3.05, 3.63) is 18.2 Å². The third kappa shape index (κ3) is 4.36. The highest BCUT2D eigenvalue weighted by molar-refractivity contribution is 5.85. The first-order valence-electron chi connectivity index (χ1n) is 5.31. The number of Topliss-reactive ketones (excluding diaryl/α,β-unsaturated/α-hetero) is 1. The van der Waals surface area contributed by atoms with Crippen LogP contribution < -0.4 is 5.73 Å². The van der Waals surface area contributed by atoms with Gasteiger partial charge in [0.2, 0.25) is 0 Å². The van der Waals surface area contributed by atoms with Crippen molar-refractivity contribution in [3.63, 3.8) is 0 Å². The fraction of sp³-hybridized carbons (Fsp3) is 0.545. The molecule has 0 bridgehead atoms. The van der Waals surface area contributed by atoms with Gasteiger partial charge in [0.15, 0.2) is 5.78 Å². The minimum atomic E-state index is -0.815. The second-order valence-electron chi connectivity index (χ2n) is 4.50. The van der Waals surface area contributed by atoms with Gasteiger partial charge in [-0.05, 0) is 13.8 Å². The maximum Gasteiger partial charge on any atom is 0.293 e. The Morgan fingerprint density at radius 1 is 1.71 bits per heavy atom. The number of rotatable bonds is 7. The van der Waals surface area contributed by atoms with E-state index in [-0.39, 0.29) is 12.2 Å². The van der Waals surface area contributed by atoms with Crippen molar-refractivity contribution >= 4 is 12.3 Å². The smallest absolute Gasteiger partial charge is 0.293 e. The normalized spacial score (nSPS) is 13.1. The molecule has 1 atom stereocenters. The number of ketones is 1. The van der Waals surface area contributed by atoms with E-state index < -0.39 is 11.6 Å². The van der Waals surface area contributed by atoms with Gasteiger partial charge in [0.05, 0.1) is 12.4 Å². The van der Waals surface area contributed by atoms with Crippen LogP contribution >= 0.6 is 0 Å². The van der Waals surface area contributed by atoms with Crippen LogP contribution in [0.15, 0.2) is 12.5 Å². The Morgan fingerprint density at radius 3 is 2.94 bits per heavy atom. The van der Waals surface area contributed by atoms with Crippen molar-refractivity contribution in [2.24, 2.45) is 5.73 Å². The largest absolute Gasteiger partial charge is 0.461 e. The van der Waals surface area contributed by atoms with Gasteiger partial charge in [-0.1, -0.05) is 0 Å². The number of carbonyl (C=O) groups is 2. The van der Waals surface area contributed by atoms with E-state index >= 15 is 0 Å². The lowest BCUT2D eigenvalue weighted by molar-refractivity contribution is -0.143. The summed E-state index contributed by atoms with van der Waals surface area (Å²) in [6, 6.07) is -0.620. The lowest BCUT2D eigenvalue weighted by Crippen LogP contribution is -2.38. The van der Waals surface area contributed by atoms with Crippen LogP contribution in [-0.2, 0) is 20.7 Å². The highest BCUT2D eigenvalue weighted by Gasteiger charge is 2.26. The van der Waals surface area contributed by atoms with Gasteiger partial charge in [-0.3, -0.25) is 9.59 Å². The Balaban J connectivity index is 2.49. The predicted molar refractivity (Wildman–Crippen MR) is 61.1 cm³/mol. The van der Waals surface area contributed by atoms with Gasteiger partial charge in [0, 0.05) is 24.7 Å². The molecule has 1 aromatic heterocycles. The molecule has 0 fully saturated rings. The summed E-state index contributed by atoms with van der Waals surface area (Å²) in [5.41, 5.74) is 5.76. The molecule has 1 rings (SSSR count). The van der Waals surface area contributed by atoms with Crippen molar-refractivity contribution in [2.75, 3.05) is 0 Å². The predicted octanol–water partition coefficient (Wildman–Crippen LogP) is 0.190. The molecule has 6 heteroatoms. The van der Waals surface area contributed by atoms with Gasteiger partial charge in [-0.25, -0.2) is 4.98 Å². The number of nitrogens with one attached hydrogen (secondary N) is 1. The number of H-pyrrole nitrogens is 1. The minimum absolute atomic E-state index is 0.0983. The van der Waals surface area contributed by atoms with Gasteiger partial charge in [-0.15, -0.1) is 0 Å². The highest BCUT2D eigenvalue weighted by Crippen LogP contribution is 2.15. The fourth-order valence-electron chi connectivity index (χ4n) is 1.47. The lowest BCUT2D eigenvalue weighted by atomic mass is 9.96. The molecule has 17 heavy (non-hydrogen) atoms. The molecule has 0 radical (unpaired) electrons. The molecule has 0 saturated carbocycles.